The third-order valence-electron chi connectivity index (χ3n) is 2.81. The van der Waals surface area contributed by atoms with Crippen molar-refractivity contribution in [2.75, 3.05) is 0 Å². The number of amidine groups is 1. The van der Waals surface area contributed by atoms with Gasteiger partial charge in [-0.15, -0.1) is 11.3 Å². The molecule has 7 heteroatoms. The maximum absolute atomic E-state index is 11.7. The van der Waals surface area contributed by atoms with Gasteiger partial charge in [0.2, 0.25) is 0 Å². The molecule has 0 aliphatic rings. The molecule has 110 valence electrons. The van der Waals surface area contributed by atoms with E-state index in [9.17, 15) is 4.79 Å². The van der Waals surface area contributed by atoms with Gasteiger partial charge in [-0.05, 0) is 24.3 Å². The normalized spacial score (nSPS) is 11.5. The van der Waals surface area contributed by atoms with E-state index in [1.807, 2.05) is 24.3 Å². The highest BCUT2D eigenvalue weighted by atomic mass is 32.1. The van der Waals surface area contributed by atoms with Crippen molar-refractivity contribution in [2.45, 2.75) is 6.42 Å². The molecule has 3 rings (SSSR count). The highest BCUT2D eigenvalue weighted by molar-refractivity contribution is 7.18. The van der Waals surface area contributed by atoms with Crippen LogP contribution in [-0.2, 0) is 11.3 Å². The first-order valence-electron chi connectivity index (χ1n) is 6.50. The molecule has 0 aliphatic heterocycles. The fourth-order valence-electron chi connectivity index (χ4n) is 1.82. The number of nitrogens with zero attached hydrogens (tertiary/aromatic N) is 3. The molecule has 0 atom stereocenters. The van der Waals surface area contributed by atoms with E-state index in [1.165, 1.54) is 17.5 Å². The Morgan fingerprint density at radius 2 is 2.14 bits per heavy atom. The molecule has 22 heavy (non-hydrogen) atoms. The van der Waals surface area contributed by atoms with Gasteiger partial charge in [0, 0.05) is 12.4 Å². The summed E-state index contributed by atoms with van der Waals surface area (Å²) in [5.41, 5.74) is 7.02. The van der Waals surface area contributed by atoms with Crippen LogP contribution in [0.1, 0.15) is 15.4 Å². The van der Waals surface area contributed by atoms with Crippen molar-refractivity contribution in [3.63, 3.8) is 0 Å². The minimum Gasteiger partial charge on any atom is -0.384 e. The topological polar surface area (TPSA) is 90.5 Å². The lowest BCUT2D eigenvalue weighted by Crippen LogP contribution is -2.16. The number of rotatable bonds is 4. The summed E-state index contributed by atoms with van der Waals surface area (Å²) >= 11 is 1.53. The van der Waals surface area contributed by atoms with Gasteiger partial charge in [-0.2, -0.15) is 0 Å². The van der Waals surface area contributed by atoms with Gasteiger partial charge >= 0.3 is 5.97 Å². The summed E-state index contributed by atoms with van der Waals surface area (Å²) in [6.07, 6.45) is 3.31. The number of nitrogens with two attached hydrogens (primary N) is 1. The maximum Gasteiger partial charge on any atom is 0.367 e. The second-order valence-electron chi connectivity index (χ2n) is 4.46. The summed E-state index contributed by atoms with van der Waals surface area (Å²) in [6.45, 7) is 0. The fraction of sp³-hybridized carbons (Fsp3) is 0.0667. The van der Waals surface area contributed by atoms with Crippen molar-refractivity contribution < 1.29 is 9.63 Å². The summed E-state index contributed by atoms with van der Waals surface area (Å²) in [7, 11) is 0. The predicted molar refractivity (Wildman–Crippen MR) is 84.6 cm³/mol. The first kappa shape index (κ1) is 14.2. The number of hydrogen-bond acceptors (Lipinski definition) is 6. The number of hydrogen-bond donors (Lipinski definition) is 1. The highest BCUT2D eigenvalue weighted by Gasteiger charge is 2.09. The van der Waals surface area contributed by atoms with E-state index in [0.29, 0.717) is 12.0 Å². The van der Waals surface area contributed by atoms with E-state index >= 15 is 0 Å². The van der Waals surface area contributed by atoms with Gasteiger partial charge in [0.05, 0.1) is 22.2 Å². The number of benzene rings is 1. The van der Waals surface area contributed by atoms with E-state index in [1.54, 1.807) is 18.3 Å². The molecule has 0 fully saturated rings. The average molecular weight is 312 g/mol. The zero-order valence-corrected chi connectivity index (χ0v) is 12.3. The van der Waals surface area contributed by atoms with Crippen LogP contribution in [-0.4, -0.2) is 21.8 Å². The number of carbonyl (C=O) groups excluding carboxylic acids is 1. The SMILES string of the molecule is N/C(Cc1nc2ccccc2s1)=N\OC(=O)c1cccnc1. The molecule has 0 amide bonds. The van der Waals surface area contributed by atoms with E-state index < -0.39 is 5.97 Å². The quantitative estimate of drug-likeness (QED) is 0.346. The monoisotopic (exact) mass is 312 g/mol. The number of carbonyl (C=O) groups is 1. The number of oxime groups is 1. The molecule has 3 aromatic rings. The molecule has 0 bridgehead atoms. The number of thiazole rings is 1. The second-order valence-corrected chi connectivity index (χ2v) is 5.57. The zero-order valence-electron chi connectivity index (χ0n) is 11.5. The van der Waals surface area contributed by atoms with E-state index in [2.05, 4.69) is 15.1 Å². The highest BCUT2D eigenvalue weighted by Crippen LogP contribution is 2.21. The Kier molecular flexibility index (Phi) is 4.06. The smallest absolute Gasteiger partial charge is 0.367 e. The summed E-state index contributed by atoms with van der Waals surface area (Å²) in [5.74, 6) is -0.406. The van der Waals surface area contributed by atoms with E-state index in [-0.39, 0.29) is 5.84 Å². The van der Waals surface area contributed by atoms with Crippen LogP contribution in [0, 0.1) is 0 Å². The molecule has 0 radical (unpaired) electrons. The Morgan fingerprint density at radius 1 is 1.27 bits per heavy atom. The van der Waals surface area contributed by atoms with Crippen molar-refractivity contribution in [1.82, 2.24) is 9.97 Å². The van der Waals surface area contributed by atoms with Gasteiger partial charge in [-0.25, -0.2) is 9.78 Å². The molecule has 2 aromatic heterocycles. The van der Waals surface area contributed by atoms with Crippen LogP contribution < -0.4 is 5.73 Å². The van der Waals surface area contributed by atoms with Crippen LogP contribution in [0.15, 0.2) is 53.9 Å². The predicted octanol–water partition coefficient (Wildman–Crippen LogP) is 2.36. The van der Waals surface area contributed by atoms with E-state index in [4.69, 9.17) is 10.6 Å². The van der Waals surface area contributed by atoms with Gasteiger partial charge in [0.1, 0.15) is 10.8 Å². The number of para-hydroxylation sites is 1. The van der Waals surface area contributed by atoms with Gasteiger partial charge in [-0.1, -0.05) is 17.3 Å². The standard InChI is InChI=1S/C15H12N4O2S/c16-13(19-21-15(20)10-4-3-7-17-9-10)8-14-18-11-5-1-2-6-12(11)22-14/h1-7,9H,8H2,(H2,16,19). The first-order valence-corrected chi connectivity index (χ1v) is 7.32. The molecule has 0 spiro atoms. The second kappa shape index (κ2) is 6.31. The minimum absolute atomic E-state index is 0.191. The van der Waals surface area contributed by atoms with Gasteiger partial charge in [-0.3, -0.25) is 4.98 Å². The third kappa shape index (κ3) is 3.26. The van der Waals surface area contributed by atoms with Crippen molar-refractivity contribution in [2.24, 2.45) is 10.9 Å². The van der Waals surface area contributed by atoms with E-state index in [0.717, 1.165) is 15.2 Å². The van der Waals surface area contributed by atoms with Gasteiger partial charge < -0.3 is 10.6 Å². The molecule has 0 saturated carbocycles. The Labute approximate surface area is 130 Å². The molecule has 6 nitrogen and oxygen atoms in total. The Balaban J connectivity index is 1.66. The summed E-state index contributed by atoms with van der Waals surface area (Å²) < 4.78 is 1.08. The van der Waals surface area contributed by atoms with Crippen molar-refractivity contribution in [3.8, 4) is 0 Å². The van der Waals surface area contributed by atoms with Crippen molar-refractivity contribution >= 4 is 33.4 Å². The molecular weight excluding hydrogens is 300 g/mol. The Morgan fingerprint density at radius 3 is 2.91 bits per heavy atom. The maximum atomic E-state index is 11.7. The molecule has 0 unspecified atom stereocenters. The lowest BCUT2D eigenvalue weighted by Gasteiger charge is -1.99. The lowest BCUT2D eigenvalue weighted by molar-refractivity contribution is 0.0514. The first-order chi connectivity index (χ1) is 10.7. The van der Waals surface area contributed by atoms with Crippen LogP contribution in [0.25, 0.3) is 10.2 Å². The van der Waals surface area contributed by atoms with Crippen molar-refractivity contribution in [3.05, 3.63) is 59.4 Å². The molecule has 2 heterocycles. The summed E-state index contributed by atoms with van der Waals surface area (Å²) in [4.78, 5) is 24.8. The molecule has 1 aromatic carbocycles. The molecular formula is C15H12N4O2S. The van der Waals surface area contributed by atoms with Gasteiger partial charge in [0.15, 0.2) is 0 Å². The Hall–Kier alpha value is -2.80. The third-order valence-corrected chi connectivity index (χ3v) is 3.85. The molecule has 2 N–H and O–H groups in total. The summed E-state index contributed by atoms with van der Waals surface area (Å²) in [6, 6.07) is 11.0. The Bertz CT molecular complexity index is 797. The minimum atomic E-state index is -0.597. The van der Waals surface area contributed by atoms with Gasteiger partial charge in [0.25, 0.3) is 0 Å². The largest absolute Gasteiger partial charge is 0.384 e. The molecule has 0 saturated heterocycles. The lowest BCUT2D eigenvalue weighted by atomic mass is 10.3. The number of fused-ring (bicyclic) bond motifs is 1. The van der Waals surface area contributed by atoms with Crippen LogP contribution in [0.4, 0.5) is 0 Å². The van der Waals surface area contributed by atoms with Crippen LogP contribution in [0.3, 0.4) is 0 Å². The number of aromatic nitrogens is 2. The average Bonchev–Trinajstić information content (AvgIpc) is 2.95. The zero-order chi connectivity index (χ0) is 15.4. The van der Waals surface area contributed by atoms with Crippen molar-refractivity contribution in [1.29, 1.82) is 0 Å². The van der Waals surface area contributed by atoms with Crippen LogP contribution in [0.2, 0.25) is 0 Å². The molecule has 0 aliphatic carbocycles. The summed E-state index contributed by atoms with van der Waals surface area (Å²) in [5, 5.41) is 4.47. The number of pyridine rings is 1. The fourth-order valence-corrected chi connectivity index (χ4v) is 2.80. The van der Waals surface area contributed by atoms with Crippen LogP contribution >= 0.6 is 11.3 Å². The van der Waals surface area contributed by atoms with Crippen LogP contribution in [0.5, 0.6) is 0 Å².